The molecule has 0 radical (unpaired) electrons. The van der Waals surface area contributed by atoms with Crippen molar-refractivity contribution in [3.05, 3.63) is 29.8 Å². The molecule has 1 unspecified atom stereocenters. The number of benzene rings is 1. The number of carbonyl (C=O) groups excluding carboxylic acids is 1. The molecule has 1 fully saturated rings. The Kier molecular flexibility index (Phi) is 6.06. The Morgan fingerprint density at radius 2 is 1.79 bits per heavy atom. The number of amides is 2. The fourth-order valence-electron chi connectivity index (χ4n) is 2.51. The molecule has 0 spiro atoms. The van der Waals surface area contributed by atoms with Crippen LogP contribution in [0.4, 0.5) is 23.7 Å². The average Bonchev–Trinajstić information content (AvgIpc) is 2.55. The Morgan fingerprint density at radius 1 is 1.21 bits per heavy atom. The summed E-state index contributed by atoms with van der Waals surface area (Å²) >= 11 is 0. The third-order valence-corrected chi connectivity index (χ3v) is 4.06. The van der Waals surface area contributed by atoms with E-state index in [2.05, 4.69) is 10.2 Å². The Morgan fingerprint density at radius 3 is 2.29 bits per heavy atom. The van der Waals surface area contributed by atoms with Crippen LogP contribution in [0.15, 0.2) is 24.3 Å². The molecule has 5 nitrogen and oxygen atoms in total. The van der Waals surface area contributed by atoms with Crippen molar-refractivity contribution in [2.24, 2.45) is 0 Å². The molecule has 2 amide bonds. The van der Waals surface area contributed by atoms with Crippen molar-refractivity contribution < 1.29 is 23.1 Å². The van der Waals surface area contributed by atoms with E-state index in [0.29, 0.717) is 44.8 Å². The molecule has 24 heavy (non-hydrogen) atoms. The summed E-state index contributed by atoms with van der Waals surface area (Å²) in [5.41, 5.74) is -0.416. The second kappa shape index (κ2) is 7.85. The molecule has 2 rings (SSSR count). The van der Waals surface area contributed by atoms with Gasteiger partial charge in [-0.3, -0.25) is 4.90 Å². The molecule has 1 aromatic rings. The minimum Gasteiger partial charge on any atom is -0.392 e. The van der Waals surface area contributed by atoms with Crippen LogP contribution in [0, 0.1) is 0 Å². The van der Waals surface area contributed by atoms with Crippen LogP contribution >= 0.6 is 0 Å². The molecular formula is C16H22F3N3O2. The number of hydrogen-bond donors (Lipinski definition) is 2. The molecular weight excluding hydrogens is 323 g/mol. The maximum absolute atomic E-state index is 12.5. The van der Waals surface area contributed by atoms with Crippen molar-refractivity contribution in [1.82, 2.24) is 9.80 Å². The van der Waals surface area contributed by atoms with Crippen LogP contribution in [0.3, 0.4) is 0 Å². The number of hydrogen-bond acceptors (Lipinski definition) is 3. The standard InChI is InChI=1S/C16H22F3N3O2/c1-2-14(23)11-21-7-9-22(10-8-21)15(24)20-13-5-3-12(4-6-13)16(17,18)19/h3-6,14,23H,2,7-11H2,1H3,(H,20,24). The lowest BCUT2D eigenvalue weighted by Crippen LogP contribution is -2.51. The zero-order chi connectivity index (χ0) is 17.7. The summed E-state index contributed by atoms with van der Waals surface area (Å²) < 4.78 is 37.5. The van der Waals surface area contributed by atoms with E-state index in [-0.39, 0.29) is 12.1 Å². The van der Waals surface area contributed by atoms with Crippen molar-refractivity contribution >= 4 is 11.7 Å². The van der Waals surface area contributed by atoms with E-state index in [1.807, 2.05) is 6.92 Å². The minimum atomic E-state index is -4.39. The van der Waals surface area contributed by atoms with E-state index in [9.17, 15) is 23.1 Å². The molecule has 1 aliphatic heterocycles. The van der Waals surface area contributed by atoms with E-state index in [1.54, 1.807) is 4.90 Å². The molecule has 0 aliphatic carbocycles. The van der Waals surface area contributed by atoms with E-state index in [0.717, 1.165) is 12.1 Å². The fourth-order valence-corrected chi connectivity index (χ4v) is 2.51. The summed E-state index contributed by atoms with van der Waals surface area (Å²) in [5.74, 6) is 0. The van der Waals surface area contributed by atoms with Gasteiger partial charge in [0.25, 0.3) is 0 Å². The summed E-state index contributed by atoms with van der Waals surface area (Å²) in [4.78, 5) is 15.9. The quantitative estimate of drug-likeness (QED) is 0.882. The molecule has 2 N–H and O–H groups in total. The third-order valence-electron chi connectivity index (χ3n) is 4.06. The first-order chi connectivity index (χ1) is 11.3. The van der Waals surface area contributed by atoms with Gasteiger partial charge >= 0.3 is 12.2 Å². The molecule has 1 aliphatic rings. The summed E-state index contributed by atoms with van der Waals surface area (Å²) in [6.07, 6.45) is -4.06. The van der Waals surface area contributed by atoms with Crippen molar-refractivity contribution in [2.45, 2.75) is 25.6 Å². The van der Waals surface area contributed by atoms with Gasteiger partial charge in [0.1, 0.15) is 0 Å². The number of aliphatic hydroxyl groups excluding tert-OH is 1. The highest BCUT2D eigenvalue weighted by Gasteiger charge is 2.30. The minimum absolute atomic E-state index is 0.328. The number of alkyl halides is 3. The largest absolute Gasteiger partial charge is 0.416 e. The van der Waals surface area contributed by atoms with Crippen molar-refractivity contribution in [1.29, 1.82) is 0 Å². The zero-order valence-corrected chi connectivity index (χ0v) is 13.5. The van der Waals surface area contributed by atoms with Crippen LogP contribution in [-0.2, 0) is 6.18 Å². The van der Waals surface area contributed by atoms with Crippen LogP contribution in [0.5, 0.6) is 0 Å². The number of anilines is 1. The van der Waals surface area contributed by atoms with Gasteiger partial charge in [-0.05, 0) is 30.7 Å². The van der Waals surface area contributed by atoms with Gasteiger partial charge in [-0.2, -0.15) is 13.2 Å². The number of nitrogens with zero attached hydrogens (tertiary/aromatic N) is 2. The van der Waals surface area contributed by atoms with Gasteiger partial charge in [-0.1, -0.05) is 6.92 Å². The second-order valence-electron chi connectivity index (χ2n) is 5.85. The first-order valence-electron chi connectivity index (χ1n) is 7.93. The monoisotopic (exact) mass is 345 g/mol. The number of carbonyl (C=O) groups is 1. The summed E-state index contributed by atoms with van der Waals surface area (Å²) in [6.45, 7) is 4.87. The number of β-amino-alcohol motifs (C(OH)–C–C–N with tert-alkyl or cyclic N) is 1. The first-order valence-corrected chi connectivity index (χ1v) is 7.93. The van der Waals surface area contributed by atoms with Gasteiger partial charge < -0.3 is 15.3 Å². The first kappa shape index (κ1) is 18.5. The highest BCUT2D eigenvalue weighted by atomic mass is 19.4. The maximum Gasteiger partial charge on any atom is 0.416 e. The lowest BCUT2D eigenvalue weighted by molar-refractivity contribution is -0.137. The number of aliphatic hydroxyl groups is 1. The number of halogens is 3. The molecule has 0 bridgehead atoms. The van der Waals surface area contributed by atoms with E-state index in [4.69, 9.17) is 0 Å². The maximum atomic E-state index is 12.5. The van der Waals surface area contributed by atoms with Gasteiger partial charge in [-0.25, -0.2) is 4.79 Å². The zero-order valence-electron chi connectivity index (χ0n) is 13.5. The van der Waals surface area contributed by atoms with Gasteiger partial charge in [0.05, 0.1) is 11.7 Å². The fraction of sp³-hybridized carbons (Fsp3) is 0.562. The number of rotatable bonds is 4. The van der Waals surface area contributed by atoms with Crippen LogP contribution in [0.1, 0.15) is 18.9 Å². The van der Waals surface area contributed by atoms with Crippen LogP contribution in [0.2, 0.25) is 0 Å². The van der Waals surface area contributed by atoms with Gasteiger partial charge in [0.15, 0.2) is 0 Å². The lowest BCUT2D eigenvalue weighted by Gasteiger charge is -2.35. The van der Waals surface area contributed by atoms with E-state index in [1.165, 1.54) is 12.1 Å². The second-order valence-corrected chi connectivity index (χ2v) is 5.85. The summed E-state index contributed by atoms with van der Waals surface area (Å²) in [6, 6.07) is 4.05. The van der Waals surface area contributed by atoms with Crippen LogP contribution in [0.25, 0.3) is 0 Å². The lowest BCUT2D eigenvalue weighted by atomic mass is 10.2. The average molecular weight is 345 g/mol. The molecule has 0 saturated carbocycles. The molecule has 134 valence electrons. The molecule has 1 atom stereocenters. The van der Waals surface area contributed by atoms with Crippen LogP contribution < -0.4 is 5.32 Å². The topological polar surface area (TPSA) is 55.8 Å². The highest BCUT2D eigenvalue weighted by Crippen LogP contribution is 2.29. The summed E-state index contributed by atoms with van der Waals surface area (Å²) in [5, 5.41) is 12.3. The van der Waals surface area contributed by atoms with Crippen LogP contribution in [-0.4, -0.2) is 59.8 Å². The Labute approximate surface area is 139 Å². The number of urea groups is 1. The highest BCUT2D eigenvalue weighted by molar-refractivity contribution is 5.89. The van der Waals surface area contributed by atoms with E-state index < -0.39 is 11.7 Å². The molecule has 0 aromatic heterocycles. The third kappa shape index (κ3) is 5.10. The van der Waals surface area contributed by atoms with Crippen molar-refractivity contribution in [2.75, 3.05) is 38.0 Å². The summed E-state index contributed by atoms with van der Waals surface area (Å²) in [7, 11) is 0. The van der Waals surface area contributed by atoms with Crippen molar-refractivity contribution in [3.63, 3.8) is 0 Å². The molecule has 1 heterocycles. The normalized spacial score (nSPS) is 17.6. The smallest absolute Gasteiger partial charge is 0.392 e. The SMILES string of the molecule is CCC(O)CN1CCN(C(=O)Nc2ccc(C(F)(F)F)cc2)CC1. The predicted octanol–water partition coefficient (Wildman–Crippen LogP) is 2.63. The Bertz CT molecular complexity index is 540. The van der Waals surface area contributed by atoms with Gasteiger partial charge in [0.2, 0.25) is 0 Å². The van der Waals surface area contributed by atoms with Crippen molar-refractivity contribution in [3.8, 4) is 0 Å². The van der Waals surface area contributed by atoms with Gasteiger partial charge in [0, 0.05) is 38.4 Å². The Balaban J connectivity index is 1.83. The predicted molar refractivity (Wildman–Crippen MR) is 84.8 cm³/mol. The number of piperazine rings is 1. The Hall–Kier alpha value is -1.80. The molecule has 1 aromatic carbocycles. The van der Waals surface area contributed by atoms with Gasteiger partial charge in [-0.15, -0.1) is 0 Å². The van der Waals surface area contributed by atoms with E-state index >= 15 is 0 Å². The molecule has 1 saturated heterocycles. The molecule has 8 heteroatoms. The number of nitrogens with one attached hydrogen (secondary N) is 1.